The molecule has 3 rings (SSSR count). The second-order valence-electron chi connectivity index (χ2n) is 7.35. The van der Waals surface area contributed by atoms with Crippen LogP contribution in [-0.2, 0) is 16.1 Å². The highest BCUT2D eigenvalue weighted by Gasteiger charge is 2.19. The van der Waals surface area contributed by atoms with E-state index in [1.165, 1.54) is 0 Å². The molecule has 7 heteroatoms. The maximum atomic E-state index is 12.4. The number of aryl methyl sites for hydroxylation is 1. The van der Waals surface area contributed by atoms with Crippen molar-refractivity contribution in [3.8, 4) is 5.75 Å². The smallest absolute Gasteiger partial charge is 0.342 e. The van der Waals surface area contributed by atoms with Crippen LogP contribution >= 0.6 is 0 Å². The second-order valence-corrected chi connectivity index (χ2v) is 7.35. The van der Waals surface area contributed by atoms with Crippen molar-refractivity contribution in [1.29, 1.82) is 0 Å². The molecule has 0 saturated heterocycles. The van der Waals surface area contributed by atoms with Crippen LogP contribution in [0.3, 0.4) is 0 Å². The first kappa shape index (κ1) is 21.4. The topological polar surface area (TPSA) is 93.7 Å². The molecular weight excluding hydrogens is 384 g/mol. The van der Waals surface area contributed by atoms with E-state index in [1.54, 1.807) is 24.3 Å². The summed E-state index contributed by atoms with van der Waals surface area (Å²) < 4.78 is 10.8. The summed E-state index contributed by atoms with van der Waals surface area (Å²) in [6.07, 6.45) is 3.97. The zero-order valence-corrected chi connectivity index (χ0v) is 17.0. The van der Waals surface area contributed by atoms with Crippen LogP contribution in [0, 0.1) is 6.92 Å². The number of imide groups is 1. The summed E-state index contributed by atoms with van der Waals surface area (Å²) in [6.45, 7) is 1.74. The van der Waals surface area contributed by atoms with E-state index in [4.69, 9.17) is 9.47 Å². The summed E-state index contributed by atoms with van der Waals surface area (Å²) in [5, 5.41) is 4.93. The van der Waals surface area contributed by atoms with Crippen LogP contribution in [-0.4, -0.2) is 30.6 Å². The molecule has 1 aliphatic carbocycles. The molecule has 0 unspecified atom stereocenters. The quantitative estimate of drug-likeness (QED) is 0.682. The van der Waals surface area contributed by atoms with Gasteiger partial charge in [-0.2, -0.15) is 0 Å². The molecule has 1 saturated carbocycles. The molecule has 7 nitrogen and oxygen atoms in total. The van der Waals surface area contributed by atoms with Crippen LogP contribution in [0.2, 0.25) is 0 Å². The van der Waals surface area contributed by atoms with E-state index in [1.807, 2.05) is 31.2 Å². The van der Waals surface area contributed by atoms with E-state index < -0.39 is 24.5 Å². The number of benzene rings is 2. The molecule has 0 radical (unpaired) electrons. The van der Waals surface area contributed by atoms with Crippen LogP contribution in [0.5, 0.6) is 5.75 Å². The third-order valence-electron chi connectivity index (χ3n) is 4.86. The SMILES string of the molecule is Cc1cccc(COc2ccccc2C(=O)OCC(=O)NC(=O)NC2CCCC2)c1. The van der Waals surface area contributed by atoms with Crippen molar-refractivity contribution in [3.63, 3.8) is 0 Å². The fourth-order valence-corrected chi connectivity index (χ4v) is 3.39. The van der Waals surface area contributed by atoms with Gasteiger partial charge in [0.25, 0.3) is 5.91 Å². The zero-order valence-electron chi connectivity index (χ0n) is 17.0. The van der Waals surface area contributed by atoms with Crippen LogP contribution in [0.1, 0.15) is 47.2 Å². The predicted octanol–water partition coefficient (Wildman–Crippen LogP) is 3.50. The lowest BCUT2D eigenvalue weighted by molar-refractivity contribution is -0.123. The largest absolute Gasteiger partial charge is 0.488 e. The number of carbonyl (C=O) groups excluding carboxylic acids is 3. The molecule has 0 aliphatic heterocycles. The molecule has 0 atom stereocenters. The summed E-state index contributed by atoms with van der Waals surface area (Å²) in [5.74, 6) is -1.01. The first-order valence-electron chi connectivity index (χ1n) is 10.1. The molecule has 0 spiro atoms. The van der Waals surface area contributed by atoms with Gasteiger partial charge < -0.3 is 14.8 Å². The Morgan fingerprint density at radius 1 is 1.03 bits per heavy atom. The van der Waals surface area contributed by atoms with Crippen molar-refractivity contribution in [2.45, 2.75) is 45.3 Å². The second kappa shape index (κ2) is 10.4. The van der Waals surface area contributed by atoms with Crippen LogP contribution in [0.25, 0.3) is 0 Å². The number of urea groups is 1. The minimum absolute atomic E-state index is 0.0952. The third-order valence-corrected chi connectivity index (χ3v) is 4.86. The van der Waals surface area contributed by atoms with E-state index >= 15 is 0 Å². The molecule has 0 heterocycles. The van der Waals surface area contributed by atoms with Crippen molar-refractivity contribution in [3.05, 3.63) is 65.2 Å². The summed E-state index contributed by atoms with van der Waals surface area (Å²) in [4.78, 5) is 36.1. The Morgan fingerprint density at radius 2 is 1.80 bits per heavy atom. The van der Waals surface area contributed by atoms with Crippen molar-refractivity contribution in [2.75, 3.05) is 6.61 Å². The average molecular weight is 410 g/mol. The van der Waals surface area contributed by atoms with Gasteiger partial charge in [-0.05, 0) is 37.5 Å². The van der Waals surface area contributed by atoms with Crippen LogP contribution < -0.4 is 15.4 Å². The Bertz CT molecular complexity index is 906. The lowest BCUT2D eigenvalue weighted by Gasteiger charge is -2.13. The molecule has 0 bridgehead atoms. The Hall–Kier alpha value is -3.35. The van der Waals surface area contributed by atoms with E-state index in [9.17, 15) is 14.4 Å². The van der Waals surface area contributed by atoms with Crippen molar-refractivity contribution in [1.82, 2.24) is 10.6 Å². The van der Waals surface area contributed by atoms with E-state index in [-0.39, 0.29) is 11.6 Å². The van der Waals surface area contributed by atoms with Gasteiger partial charge in [-0.1, -0.05) is 54.8 Å². The lowest BCUT2D eigenvalue weighted by atomic mass is 10.1. The predicted molar refractivity (Wildman–Crippen MR) is 111 cm³/mol. The van der Waals surface area contributed by atoms with Gasteiger partial charge in [-0.15, -0.1) is 0 Å². The number of nitrogens with one attached hydrogen (secondary N) is 2. The first-order chi connectivity index (χ1) is 14.5. The maximum absolute atomic E-state index is 12.4. The Labute approximate surface area is 175 Å². The number of para-hydroxylation sites is 1. The lowest BCUT2D eigenvalue weighted by Crippen LogP contribution is -2.45. The standard InChI is InChI=1S/C23H26N2O5/c1-16-7-6-8-17(13-16)14-29-20-12-5-4-11-19(20)22(27)30-15-21(26)25-23(28)24-18-9-2-3-10-18/h4-8,11-13,18H,2-3,9-10,14-15H2,1H3,(H2,24,25,26,28). The Morgan fingerprint density at radius 3 is 2.57 bits per heavy atom. The van der Waals surface area contributed by atoms with Crippen LogP contribution in [0.15, 0.2) is 48.5 Å². The van der Waals surface area contributed by atoms with E-state index in [2.05, 4.69) is 10.6 Å². The first-order valence-corrected chi connectivity index (χ1v) is 10.1. The van der Waals surface area contributed by atoms with E-state index in [0.717, 1.165) is 36.8 Å². The van der Waals surface area contributed by atoms with Gasteiger partial charge in [0.2, 0.25) is 0 Å². The summed E-state index contributed by atoms with van der Waals surface area (Å²) >= 11 is 0. The summed E-state index contributed by atoms with van der Waals surface area (Å²) in [6, 6.07) is 14.1. The van der Waals surface area contributed by atoms with Gasteiger partial charge in [-0.3, -0.25) is 10.1 Å². The fraction of sp³-hybridized carbons (Fsp3) is 0.348. The van der Waals surface area contributed by atoms with Gasteiger partial charge in [0.1, 0.15) is 17.9 Å². The minimum atomic E-state index is -0.693. The monoisotopic (exact) mass is 410 g/mol. The highest BCUT2D eigenvalue weighted by Crippen LogP contribution is 2.21. The number of carbonyl (C=O) groups is 3. The van der Waals surface area contributed by atoms with Gasteiger partial charge >= 0.3 is 12.0 Å². The molecule has 2 aromatic carbocycles. The average Bonchev–Trinajstić information content (AvgIpc) is 3.23. The van der Waals surface area contributed by atoms with E-state index in [0.29, 0.717) is 12.4 Å². The fourth-order valence-electron chi connectivity index (χ4n) is 3.39. The number of rotatable bonds is 7. The number of esters is 1. The highest BCUT2D eigenvalue weighted by atomic mass is 16.5. The van der Waals surface area contributed by atoms with Gasteiger partial charge in [-0.25, -0.2) is 9.59 Å². The Balaban J connectivity index is 1.50. The minimum Gasteiger partial charge on any atom is -0.488 e. The number of hydrogen-bond donors (Lipinski definition) is 2. The Kier molecular flexibility index (Phi) is 7.43. The third kappa shape index (κ3) is 6.34. The molecule has 0 aromatic heterocycles. The van der Waals surface area contributed by atoms with Gasteiger partial charge in [0, 0.05) is 6.04 Å². The van der Waals surface area contributed by atoms with Crippen LogP contribution in [0.4, 0.5) is 4.79 Å². The number of ether oxygens (including phenoxy) is 2. The molecule has 1 aliphatic rings. The maximum Gasteiger partial charge on any atom is 0.342 e. The molecular formula is C23H26N2O5. The summed E-state index contributed by atoms with van der Waals surface area (Å²) in [7, 11) is 0. The summed E-state index contributed by atoms with van der Waals surface area (Å²) in [5.41, 5.74) is 2.31. The molecule has 1 fully saturated rings. The molecule has 30 heavy (non-hydrogen) atoms. The molecule has 158 valence electrons. The zero-order chi connectivity index (χ0) is 21.3. The van der Waals surface area contributed by atoms with Crippen molar-refractivity contribution < 1.29 is 23.9 Å². The van der Waals surface area contributed by atoms with Crippen molar-refractivity contribution >= 4 is 17.9 Å². The number of amides is 3. The molecule has 2 N–H and O–H groups in total. The van der Waals surface area contributed by atoms with Gasteiger partial charge in [0.05, 0.1) is 0 Å². The molecule has 2 aromatic rings. The normalized spacial score (nSPS) is 13.5. The number of hydrogen-bond acceptors (Lipinski definition) is 5. The van der Waals surface area contributed by atoms with Gasteiger partial charge in [0.15, 0.2) is 6.61 Å². The van der Waals surface area contributed by atoms with Crippen molar-refractivity contribution in [2.24, 2.45) is 0 Å². The highest BCUT2D eigenvalue weighted by molar-refractivity contribution is 5.97. The molecule has 3 amide bonds.